The van der Waals surface area contributed by atoms with Crippen LogP contribution in [0.2, 0.25) is 0 Å². The number of pyridine rings is 1. The Morgan fingerprint density at radius 2 is 1.79 bits per heavy atom. The van der Waals surface area contributed by atoms with E-state index in [0.29, 0.717) is 23.6 Å². The molecule has 0 unspecified atom stereocenters. The van der Waals surface area contributed by atoms with Gasteiger partial charge in [-0.1, -0.05) is 45.6 Å². The van der Waals surface area contributed by atoms with Crippen LogP contribution in [-0.4, -0.2) is 11.6 Å². The summed E-state index contributed by atoms with van der Waals surface area (Å²) in [5, 5.41) is 0. The Kier molecular flexibility index (Phi) is 7.73. The molecule has 0 atom stereocenters. The molecule has 2 nitrogen and oxygen atoms in total. The normalized spacial score (nSPS) is 10.8. The SMILES string of the molecule is CCCCCCOc1ccc(-c2ccc(CCCC)cn2)c(F)c1. The van der Waals surface area contributed by atoms with E-state index in [4.69, 9.17) is 4.74 Å². The number of unbranched alkanes of at least 4 members (excludes halogenated alkanes) is 4. The van der Waals surface area contributed by atoms with E-state index in [1.807, 2.05) is 24.4 Å². The molecule has 130 valence electrons. The first-order chi connectivity index (χ1) is 11.7. The fourth-order valence-corrected chi connectivity index (χ4v) is 2.62. The minimum Gasteiger partial charge on any atom is -0.493 e. The number of ether oxygens (including phenoxy) is 1. The summed E-state index contributed by atoms with van der Waals surface area (Å²) in [6, 6.07) is 8.97. The van der Waals surface area contributed by atoms with E-state index in [-0.39, 0.29) is 5.82 Å². The lowest BCUT2D eigenvalue weighted by Gasteiger charge is -2.09. The van der Waals surface area contributed by atoms with Crippen LogP contribution in [0, 0.1) is 5.82 Å². The van der Waals surface area contributed by atoms with Crippen LogP contribution in [0.5, 0.6) is 5.75 Å². The van der Waals surface area contributed by atoms with Crippen molar-refractivity contribution in [3.8, 4) is 17.0 Å². The molecule has 0 aliphatic rings. The van der Waals surface area contributed by atoms with Gasteiger partial charge in [-0.05, 0) is 43.0 Å². The largest absolute Gasteiger partial charge is 0.493 e. The smallest absolute Gasteiger partial charge is 0.136 e. The molecule has 0 spiro atoms. The highest BCUT2D eigenvalue weighted by Gasteiger charge is 2.08. The van der Waals surface area contributed by atoms with Gasteiger partial charge in [-0.15, -0.1) is 0 Å². The van der Waals surface area contributed by atoms with Crippen LogP contribution in [0.15, 0.2) is 36.5 Å². The maximum atomic E-state index is 14.3. The minimum atomic E-state index is -0.283. The molecule has 0 fully saturated rings. The van der Waals surface area contributed by atoms with Gasteiger partial charge in [0.15, 0.2) is 0 Å². The second kappa shape index (κ2) is 10.1. The van der Waals surface area contributed by atoms with Gasteiger partial charge >= 0.3 is 0 Å². The van der Waals surface area contributed by atoms with Crippen molar-refractivity contribution in [1.29, 1.82) is 0 Å². The Morgan fingerprint density at radius 3 is 2.46 bits per heavy atom. The first-order valence-electron chi connectivity index (χ1n) is 9.12. The van der Waals surface area contributed by atoms with Crippen LogP contribution in [0.4, 0.5) is 4.39 Å². The predicted molar refractivity (Wildman–Crippen MR) is 97.9 cm³/mol. The number of rotatable bonds is 10. The maximum Gasteiger partial charge on any atom is 0.136 e. The highest BCUT2D eigenvalue weighted by atomic mass is 19.1. The van der Waals surface area contributed by atoms with Gasteiger partial charge in [-0.2, -0.15) is 0 Å². The van der Waals surface area contributed by atoms with Crippen LogP contribution in [0.25, 0.3) is 11.3 Å². The molecule has 0 amide bonds. The summed E-state index contributed by atoms with van der Waals surface area (Å²) in [5.74, 6) is 0.308. The second-order valence-corrected chi connectivity index (χ2v) is 6.21. The average Bonchev–Trinajstić information content (AvgIpc) is 2.60. The quantitative estimate of drug-likeness (QED) is 0.485. The van der Waals surface area contributed by atoms with E-state index in [1.54, 1.807) is 6.07 Å². The lowest BCUT2D eigenvalue weighted by Crippen LogP contribution is -1.98. The van der Waals surface area contributed by atoms with Crippen LogP contribution < -0.4 is 4.74 Å². The summed E-state index contributed by atoms with van der Waals surface area (Å²) in [4.78, 5) is 4.41. The Hall–Kier alpha value is -1.90. The number of aromatic nitrogens is 1. The minimum absolute atomic E-state index is 0.283. The highest BCUT2D eigenvalue weighted by molar-refractivity contribution is 5.61. The number of benzene rings is 1. The summed E-state index contributed by atoms with van der Waals surface area (Å²) in [6.45, 7) is 4.99. The zero-order valence-corrected chi connectivity index (χ0v) is 14.9. The molecule has 1 aromatic heterocycles. The van der Waals surface area contributed by atoms with Crippen molar-refractivity contribution in [3.05, 3.63) is 47.9 Å². The summed E-state index contributed by atoms with van der Waals surface area (Å²) in [5.41, 5.74) is 2.39. The Balaban J connectivity index is 1.96. The van der Waals surface area contributed by atoms with Crippen molar-refractivity contribution in [2.45, 2.75) is 58.8 Å². The summed E-state index contributed by atoms with van der Waals surface area (Å²) in [7, 11) is 0. The molecule has 0 saturated carbocycles. The molecule has 0 aliphatic carbocycles. The molecule has 0 aliphatic heterocycles. The van der Waals surface area contributed by atoms with Crippen molar-refractivity contribution in [2.24, 2.45) is 0 Å². The molecule has 3 heteroatoms. The lowest BCUT2D eigenvalue weighted by molar-refractivity contribution is 0.303. The van der Waals surface area contributed by atoms with Gasteiger partial charge in [-0.25, -0.2) is 4.39 Å². The van der Waals surface area contributed by atoms with E-state index in [1.165, 1.54) is 24.5 Å². The molecule has 0 N–H and O–H groups in total. The second-order valence-electron chi connectivity index (χ2n) is 6.21. The van der Waals surface area contributed by atoms with Crippen LogP contribution in [0.1, 0.15) is 57.9 Å². The van der Waals surface area contributed by atoms with Gasteiger partial charge in [0.1, 0.15) is 11.6 Å². The fourth-order valence-electron chi connectivity index (χ4n) is 2.62. The number of hydrogen-bond donors (Lipinski definition) is 0. The number of halogens is 1. The number of aryl methyl sites for hydroxylation is 1. The Labute approximate surface area is 145 Å². The van der Waals surface area contributed by atoms with E-state index in [9.17, 15) is 4.39 Å². The van der Waals surface area contributed by atoms with Gasteiger partial charge in [0.05, 0.1) is 12.3 Å². The summed E-state index contributed by atoms with van der Waals surface area (Å²) < 4.78 is 20.0. The molecule has 0 saturated heterocycles. The van der Waals surface area contributed by atoms with Gasteiger partial charge in [0, 0.05) is 17.8 Å². The third-order valence-electron chi connectivity index (χ3n) is 4.13. The highest BCUT2D eigenvalue weighted by Crippen LogP contribution is 2.25. The summed E-state index contributed by atoms with van der Waals surface area (Å²) in [6.07, 6.45) is 9.78. The monoisotopic (exact) mass is 329 g/mol. The molecule has 2 rings (SSSR count). The molecule has 0 radical (unpaired) electrons. The van der Waals surface area contributed by atoms with Crippen molar-refractivity contribution >= 4 is 0 Å². The zero-order valence-electron chi connectivity index (χ0n) is 14.9. The number of nitrogens with zero attached hydrogens (tertiary/aromatic N) is 1. The molecular weight excluding hydrogens is 301 g/mol. The van der Waals surface area contributed by atoms with Gasteiger partial charge in [0.25, 0.3) is 0 Å². The molecule has 1 heterocycles. The van der Waals surface area contributed by atoms with Gasteiger partial charge < -0.3 is 4.74 Å². The van der Waals surface area contributed by atoms with E-state index < -0.39 is 0 Å². The third kappa shape index (κ3) is 5.63. The first kappa shape index (κ1) is 18.4. The van der Waals surface area contributed by atoms with Crippen molar-refractivity contribution in [2.75, 3.05) is 6.61 Å². The number of hydrogen-bond acceptors (Lipinski definition) is 2. The third-order valence-corrected chi connectivity index (χ3v) is 4.13. The predicted octanol–water partition coefficient (Wildman–Crippen LogP) is 6.19. The Bertz CT molecular complexity index is 610. The van der Waals surface area contributed by atoms with Gasteiger partial charge in [-0.3, -0.25) is 4.98 Å². The molecular formula is C21H28FNO. The average molecular weight is 329 g/mol. The molecule has 0 bridgehead atoms. The summed E-state index contributed by atoms with van der Waals surface area (Å²) >= 11 is 0. The first-order valence-corrected chi connectivity index (χ1v) is 9.12. The van der Waals surface area contributed by atoms with Crippen molar-refractivity contribution < 1.29 is 9.13 Å². The maximum absolute atomic E-state index is 14.3. The van der Waals surface area contributed by atoms with Gasteiger partial charge in [0.2, 0.25) is 0 Å². The standard InChI is InChI=1S/C21H28FNO/c1-3-5-7-8-14-24-18-11-12-19(20(22)15-18)21-13-10-17(16-23-21)9-6-4-2/h10-13,15-16H,3-9,14H2,1-2H3. The van der Waals surface area contributed by atoms with Crippen molar-refractivity contribution in [3.63, 3.8) is 0 Å². The van der Waals surface area contributed by atoms with Crippen LogP contribution in [-0.2, 0) is 6.42 Å². The molecule has 2 aromatic rings. The topological polar surface area (TPSA) is 22.1 Å². The van der Waals surface area contributed by atoms with E-state index in [2.05, 4.69) is 18.8 Å². The van der Waals surface area contributed by atoms with E-state index >= 15 is 0 Å². The fraction of sp³-hybridized carbons (Fsp3) is 0.476. The molecule has 24 heavy (non-hydrogen) atoms. The zero-order chi connectivity index (χ0) is 17.2. The lowest BCUT2D eigenvalue weighted by atomic mass is 10.1. The van der Waals surface area contributed by atoms with E-state index in [0.717, 1.165) is 32.1 Å². The molecule has 1 aromatic carbocycles. The Morgan fingerprint density at radius 1 is 0.958 bits per heavy atom. The van der Waals surface area contributed by atoms with Crippen LogP contribution in [0.3, 0.4) is 0 Å². The van der Waals surface area contributed by atoms with Crippen LogP contribution >= 0.6 is 0 Å². The van der Waals surface area contributed by atoms with Crippen molar-refractivity contribution in [1.82, 2.24) is 4.98 Å².